The van der Waals surface area contributed by atoms with Gasteiger partial charge in [0.2, 0.25) is 5.91 Å². The number of amides is 1. The molecule has 9 atom stereocenters. The van der Waals surface area contributed by atoms with Gasteiger partial charge in [-0.1, -0.05) is 0 Å². The van der Waals surface area contributed by atoms with Crippen LogP contribution in [0.1, 0.15) is 51.4 Å². The Morgan fingerprint density at radius 3 is 2.57 bits per heavy atom. The number of hydrogen-bond acceptors (Lipinski definition) is 7. The van der Waals surface area contributed by atoms with Crippen LogP contribution < -0.4 is 11.1 Å². The number of esters is 1. The standard InChI is InChI=1S/C22H32N4O4/c1-25-16(10-27)20(29)30-22-7-12-2-13(8-22)6-21(5-12,11-22)18(24)19(28)26-15(9-23)3-14-4-17(14)26/h12-18,25,27H,2-8,10-11,24H2,1H3/t12-,13?,14?,15-,16-,17?,18+,21?,22?/m0/s1. The quantitative estimate of drug-likeness (QED) is 0.531. The van der Waals surface area contributed by atoms with Gasteiger partial charge in [0.1, 0.15) is 17.7 Å². The first-order valence-corrected chi connectivity index (χ1v) is 11.3. The van der Waals surface area contributed by atoms with Crippen LogP contribution in [0.3, 0.4) is 0 Å². The van der Waals surface area contributed by atoms with Gasteiger partial charge < -0.3 is 25.8 Å². The van der Waals surface area contributed by atoms with Crippen molar-refractivity contribution in [3.63, 3.8) is 0 Å². The zero-order valence-electron chi connectivity index (χ0n) is 17.5. The maximum absolute atomic E-state index is 13.5. The van der Waals surface area contributed by atoms with E-state index in [0.717, 1.165) is 44.9 Å². The summed E-state index contributed by atoms with van der Waals surface area (Å²) in [6.45, 7) is -0.311. The molecule has 6 aliphatic rings. The average Bonchev–Trinajstić information content (AvgIpc) is 3.36. The molecule has 1 heterocycles. The normalized spacial score (nSPS) is 44.9. The first kappa shape index (κ1) is 20.2. The van der Waals surface area contributed by atoms with E-state index in [1.807, 2.05) is 0 Å². The predicted octanol–water partition coefficient (Wildman–Crippen LogP) is 0.289. The highest BCUT2D eigenvalue weighted by Crippen LogP contribution is 2.64. The molecule has 164 valence electrons. The van der Waals surface area contributed by atoms with E-state index >= 15 is 0 Å². The van der Waals surface area contributed by atoms with Gasteiger partial charge >= 0.3 is 5.97 Å². The minimum absolute atomic E-state index is 0.0848. The summed E-state index contributed by atoms with van der Waals surface area (Å²) >= 11 is 0. The summed E-state index contributed by atoms with van der Waals surface area (Å²) in [5.74, 6) is 0.755. The first-order valence-electron chi connectivity index (χ1n) is 11.3. The molecular formula is C22H32N4O4. The highest BCUT2D eigenvalue weighted by Gasteiger charge is 2.64. The van der Waals surface area contributed by atoms with E-state index in [2.05, 4.69) is 11.4 Å². The van der Waals surface area contributed by atoms with Gasteiger partial charge in [-0.3, -0.25) is 9.59 Å². The Morgan fingerprint density at radius 1 is 1.27 bits per heavy atom. The van der Waals surface area contributed by atoms with Gasteiger partial charge in [-0.05, 0) is 81.6 Å². The number of hydrogen-bond donors (Lipinski definition) is 3. The topological polar surface area (TPSA) is 129 Å². The molecule has 5 saturated carbocycles. The van der Waals surface area contributed by atoms with Crippen LogP contribution in [0.2, 0.25) is 0 Å². The van der Waals surface area contributed by atoms with E-state index in [-0.39, 0.29) is 30.0 Å². The lowest BCUT2D eigenvalue weighted by atomic mass is 9.46. The fraction of sp³-hybridized carbons (Fsp3) is 0.864. The smallest absolute Gasteiger partial charge is 0.326 e. The van der Waals surface area contributed by atoms with Crippen LogP contribution >= 0.6 is 0 Å². The van der Waals surface area contributed by atoms with Crippen molar-refractivity contribution in [3.8, 4) is 6.07 Å². The number of aliphatic hydroxyl groups is 1. The molecule has 6 fully saturated rings. The van der Waals surface area contributed by atoms with Crippen LogP contribution in [0.15, 0.2) is 0 Å². The Hall–Kier alpha value is -1.69. The second-order valence-electron chi connectivity index (χ2n) is 10.6. The number of nitrogens with one attached hydrogen (secondary N) is 1. The summed E-state index contributed by atoms with van der Waals surface area (Å²) in [7, 11) is 1.63. The number of nitrogens with zero attached hydrogens (tertiary/aromatic N) is 2. The minimum Gasteiger partial charge on any atom is -0.458 e. The Balaban J connectivity index is 1.38. The molecule has 30 heavy (non-hydrogen) atoms. The maximum atomic E-state index is 13.5. The molecule has 5 aliphatic carbocycles. The number of piperidine rings is 1. The Kier molecular flexibility index (Phi) is 4.66. The van der Waals surface area contributed by atoms with Crippen LogP contribution in [0.5, 0.6) is 0 Å². The summed E-state index contributed by atoms with van der Waals surface area (Å²) in [6.07, 6.45) is 6.88. The van der Waals surface area contributed by atoms with E-state index in [4.69, 9.17) is 10.5 Å². The van der Waals surface area contributed by atoms with Crippen molar-refractivity contribution < 1.29 is 19.4 Å². The molecular weight excluding hydrogens is 384 g/mol. The third kappa shape index (κ3) is 2.97. The molecule has 1 aliphatic heterocycles. The molecule has 0 aromatic rings. The summed E-state index contributed by atoms with van der Waals surface area (Å²) < 4.78 is 6.05. The summed E-state index contributed by atoms with van der Waals surface area (Å²) in [4.78, 5) is 27.9. The average molecular weight is 417 g/mol. The number of rotatable bonds is 6. The summed E-state index contributed by atoms with van der Waals surface area (Å²) in [5.41, 5.74) is 5.74. The molecule has 5 unspecified atom stereocenters. The first-order chi connectivity index (χ1) is 14.3. The van der Waals surface area contributed by atoms with Crippen LogP contribution in [-0.2, 0) is 14.3 Å². The number of carbonyl (C=O) groups excluding carboxylic acids is 2. The number of nitriles is 1. The largest absolute Gasteiger partial charge is 0.458 e. The van der Waals surface area contributed by atoms with Gasteiger partial charge in [-0.15, -0.1) is 0 Å². The third-order valence-corrected chi connectivity index (χ3v) is 8.62. The molecule has 0 aromatic heterocycles. The fourth-order valence-corrected chi connectivity index (χ4v) is 7.61. The van der Waals surface area contributed by atoms with Crippen LogP contribution in [-0.4, -0.2) is 65.3 Å². The zero-order valence-corrected chi connectivity index (χ0v) is 17.5. The van der Waals surface area contributed by atoms with Crippen molar-refractivity contribution in [1.29, 1.82) is 5.26 Å². The Bertz CT molecular complexity index is 776. The monoisotopic (exact) mass is 416 g/mol. The maximum Gasteiger partial charge on any atom is 0.326 e. The lowest BCUT2D eigenvalue weighted by Gasteiger charge is -2.62. The van der Waals surface area contributed by atoms with Crippen LogP contribution in [0, 0.1) is 34.5 Å². The van der Waals surface area contributed by atoms with Crippen molar-refractivity contribution in [3.05, 3.63) is 0 Å². The van der Waals surface area contributed by atoms with Crippen molar-refractivity contribution in [2.75, 3.05) is 13.7 Å². The number of nitrogens with two attached hydrogens (primary N) is 1. The van der Waals surface area contributed by atoms with Gasteiger partial charge in [0.15, 0.2) is 0 Å². The van der Waals surface area contributed by atoms with Gasteiger partial charge in [-0.25, -0.2) is 0 Å². The van der Waals surface area contributed by atoms with Crippen molar-refractivity contribution in [1.82, 2.24) is 10.2 Å². The molecule has 1 amide bonds. The molecule has 0 spiro atoms. The van der Waals surface area contributed by atoms with Gasteiger partial charge in [0.05, 0.1) is 18.7 Å². The molecule has 8 nitrogen and oxygen atoms in total. The number of likely N-dealkylation sites (tertiary alicyclic amines) is 1. The van der Waals surface area contributed by atoms with E-state index in [9.17, 15) is 20.0 Å². The Morgan fingerprint density at radius 2 is 1.97 bits per heavy atom. The third-order valence-electron chi connectivity index (χ3n) is 8.62. The van der Waals surface area contributed by atoms with E-state index in [1.54, 1.807) is 11.9 Å². The fourth-order valence-electron chi connectivity index (χ4n) is 7.61. The molecule has 4 N–H and O–H groups in total. The Labute approximate surface area is 177 Å². The highest BCUT2D eigenvalue weighted by molar-refractivity contribution is 5.84. The van der Waals surface area contributed by atoms with E-state index in [0.29, 0.717) is 24.2 Å². The van der Waals surface area contributed by atoms with Gasteiger partial charge in [-0.2, -0.15) is 5.26 Å². The lowest BCUT2D eigenvalue weighted by Crippen LogP contribution is -2.66. The van der Waals surface area contributed by atoms with Crippen molar-refractivity contribution in [2.24, 2.45) is 28.9 Å². The molecule has 1 saturated heterocycles. The van der Waals surface area contributed by atoms with Gasteiger partial charge in [0, 0.05) is 6.04 Å². The number of aliphatic hydroxyl groups excluding tert-OH is 1. The number of carbonyl (C=O) groups is 2. The summed E-state index contributed by atoms with van der Waals surface area (Å²) in [5, 5.41) is 21.8. The summed E-state index contributed by atoms with van der Waals surface area (Å²) in [6, 6.07) is 0.733. The van der Waals surface area contributed by atoms with Gasteiger partial charge in [0.25, 0.3) is 0 Å². The second kappa shape index (κ2) is 6.91. The predicted molar refractivity (Wildman–Crippen MR) is 107 cm³/mol. The number of fused-ring (bicyclic) bond motifs is 1. The second-order valence-corrected chi connectivity index (χ2v) is 10.6. The van der Waals surface area contributed by atoms with Crippen LogP contribution in [0.4, 0.5) is 0 Å². The molecule has 6 rings (SSSR count). The molecule has 8 heteroatoms. The highest BCUT2D eigenvalue weighted by atomic mass is 16.6. The van der Waals surface area contributed by atoms with E-state index in [1.165, 1.54) is 0 Å². The van der Waals surface area contributed by atoms with E-state index < -0.39 is 23.7 Å². The number of ether oxygens (including phenoxy) is 1. The molecule has 4 bridgehead atoms. The zero-order chi connectivity index (χ0) is 21.3. The molecule has 0 radical (unpaired) electrons. The number of likely N-dealkylation sites (N-methyl/N-ethyl adjacent to an activating group) is 1. The van der Waals surface area contributed by atoms with Crippen LogP contribution in [0.25, 0.3) is 0 Å². The minimum atomic E-state index is -0.739. The van der Waals surface area contributed by atoms with Crippen molar-refractivity contribution in [2.45, 2.75) is 81.1 Å². The van der Waals surface area contributed by atoms with Crippen molar-refractivity contribution >= 4 is 11.9 Å². The SMILES string of the molecule is CN[C@@H](CO)C(=O)OC12CC3C[C@H](C1)CC([C@H](N)C(=O)N1C4CC4C[C@H]1C#N)(C3)C2. The lowest BCUT2D eigenvalue weighted by molar-refractivity contribution is -0.208. The molecule has 0 aromatic carbocycles.